The number of aldehydes is 1. The maximum absolute atomic E-state index is 13.3. The Kier molecular flexibility index (Phi) is 4.12. The number of ether oxygens (including phenoxy) is 1. The summed E-state index contributed by atoms with van der Waals surface area (Å²) in [6.45, 7) is 0.0317. The van der Waals surface area contributed by atoms with Crippen LogP contribution in [0.2, 0.25) is 5.02 Å². The summed E-state index contributed by atoms with van der Waals surface area (Å²) >= 11 is 5.82. The Balaban J connectivity index is 2.14. The third-order valence-electron chi connectivity index (χ3n) is 2.40. The highest BCUT2D eigenvalue weighted by atomic mass is 35.5. The highest BCUT2D eigenvalue weighted by Gasteiger charge is 2.06. The summed E-state index contributed by atoms with van der Waals surface area (Å²) in [5.74, 6) is -1.51. The molecule has 0 radical (unpaired) electrons. The molecule has 0 aliphatic heterocycles. The van der Waals surface area contributed by atoms with E-state index in [0.29, 0.717) is 22.4 Å². The van der Waals surface area contributed by atoms with Crippen molar-refractivity contribution < 1.29 is 18.3 Å². The first-order valence-corrected chi connectivity index (χ1v) is 5.79. The fourth-order valence-electron chi connectivity index (χ4n) is 1.58. The van der Waals surface area contributed by atoms with Gasteiger partial charge in [-0.2, -0.15) is 0 Å². The van der Waals surface area contributed by atoms with Crippen molar-refractivity contribution in [3.05, 3.63) is 64.2 Å². The monoisotopic (exact) mass is 282 g/mol. The second-order valence-corrected chi connectivity index (χ2v) is 4.31. The number of halogens is 3. The minimum Gasteiger partial charge on any atom is -0.486 e. The molecule has 0 heterocycles. The average Bonchev–Trinajstić information content (AvgIpc) is 2.37. The molecule has 0 spiro atoms. The van der Waals surface area contributed by atoms with Crippen molar-refractivity contribution in [3.63, 3.8) is 0 Å². The van der Waals surface area contributed by atoms with Gasteiger partial charge in [-0.25, -0.2) is 8.78 Å². The Hall–Kier alpha value is -1.94. The van der Waals surface area contributed by atoms with Gasteiger partial charge < -0.3 is 4.74 Å². The number of rotatable bonds is 4. The first kappa shape index (κ1) is 13.5. The molecule has 2 aromatic carbocycles. The van der Waals surface area contributed by atoms with Crippen LogP contribution in [0, 0.1) is 11.6 Å². The maximum atomic E-state index is 13.3. The molecule has 0 aliphatic rings. The lowest BCUT2D eigenvalue weighted by Gasteiger charge is -2.08. The van der Waals surface area contributed by atoms with Gasteiger partial charge >= 0.3 is 0 Å². The van der Waals surface area contributed by atoms with Crippen LogP contribution in [-0.2, 0) is 6.61 Å². The van der Waals surface area contributed by atoms with Crippen molar-refractivity contribution in [2.45, 2.75) is 6.61 Å². The highest BCUT2D eigenvalue weighted by Crippen LogP contribution is 2.20. The molecule has 0 aliphatic carbocycles. The summed E-state index contributed by atoms with van der Waals surface area (Å²) in [5.41, 5.74) is 1.03. The topological polar surface area (TPSA) is 26.3 Å². The second-order valence-electron chi connectivity index (χ2n) is 3.87. The number of carbonyl (C=O) groups is 1. The van der Waals surface area contributed by atoms with Crippen LogP contribution in [0.25, 0.3) is 0 Å². The van der Waals surface area contributed by atoms with E-state index in [1.165, 1.54) is 12.1 Å². The zero-order valence-corrected chi connectivity index (χ0v) is 10.5. The van der Waals surface area contributed by atoms with Crippen LogP contribution in [0.5, 0.6) is 5.75 Å². The van der Waals surface area contributed by atoms with Crippen LogP contribution >= 0.6 is 11.6 Å². The summed E-state index contributed by atoms with van der Waals surface area (Å²) in [7, 11) is 0. The normalized spacial score (nSPS) is 10.3. The van der Waals surface area contributed by atoms with E-state index >= 15 is 0 Å². The highest BCUT2D eigenvalue weighted by molar-refractivity contribution is 6.30. The fraction of sp³-hybridized carbons (Fsp3) is 0.0714. The van der Waals surface area contributed by atoms with E-state index in [2.05, 4.69) is 0 Å². The van der Waals surface area contributed by atoms with Gasteiger partial charge in [0, 0.05) is 16.7 Å². The number of benzene rings is 2. The molecule has 2 nitrogen and oxygen atoms in total. The molecule has 19 heavy (non-hydrogen) atoms. The summed E-state index contributed by atoms with van der Waals surface area (Å²) in [6.07, 6.45) is 0.661. The van der Waals surface area contributed by atoms with Gasteiger partial charge in [-0.1, -0.05) is 11.6 Å². The molecule has 0 saturated carbocycles. The van der Waals surface area contributed by atoms with Gasteiger partial charge in [0.05, 0.1) is 0 Å². The van der Waals surface area contributed by atoms with Gasteiger partial charge in [0.2, 0.25) is 0 Å². The standard InChI is InChI=1S/C14H9ClF2O2/c15-11-4-9(7-18)3-10(5-11)8-19-14-2-1-12(16)6-13(14)17/h1-7H,8H2. The van der Waals surface area contributed by atoms with Crippen LogP contribution in [0.4, 0.5) is 8.78 Å². The van der Waals surface area contributed by atoms with Crippen molar-refractivity contribution >= 4 is 17.9 Å². The molecule has 2 aromatic rings. The maximum Gasteiger partial charge on any atom is 0.167 e. The molecule has 2 rings (SSSR count). The van der Waals surface area contributed by atoms with Crippen LogP contribution in [-0.4, -0.2) is 6.29 Å². The Morgan fingerprint density at radius 2 is 1.95 bits per heavy atom. The zero-order chi connectivity index (χ0) is 13.8. The largest absolute Gasteiger partial charge is 0.486 e. The van der Waals surface area contributed by atoms with Crippen LogP contribution in [0.1, 0.15) is 15.9 Å². The minimum absolute atomic E-state index is 0.0317. The molecule has 98 valence electrons. The average molecular weight is 283 g/mol. The lowest BCUT2D eigenvalue weighted by Crippen LogP contribution is -1.98. The van der Waals surface area contributed by atoms with Gasteiger partial charge in [-0.05, 0) is 35.9 Å². The molecule has 0 amide bonds. The molecule has 0 aromatic heterocycles. The third kappa shape index (κ3) is 3.51. The Bertz CT molecular complexity index is 614. The molecule has 0 fully saturated rings. The van der Waals surface area contributed by atoms with Crippen molar-refractivity contribution in [3.8, 4) is 5.75 Å². The summed E-state index contributed by atoms with van der Waals surface area (Å²) in [6, 6.07) is 7.75. The summed E-state index contributed by atoms with van der Waals surface area (Å²) < 4.78 is 31.3. The van der Waals surface area contributed by atoms with E-state index in [1.807, 2.05) is 0 Å². The third-order valence-corrected chi connectivity index (χ3v) is 2.62. The zero-order valence-electron chi connectivity index (χ0n) is 9.70. The smallest absolute Gasteiger partial charge is 0.167 e. The Labute approximate surface area is 113 Å². The lowest BCUT2D eigenvalue weighted by molar-refractivity contribution is 0.112. The van der Waals surface area contributed by atoms with E-state index in [-0.39, 0.29) is 12.4 Å². The van der Waals surface area contributed by atoms with E-state index in [1.54, 1.807) is 12.1 Å². The molecule has 0 saturated heterocycles. The second kappa shape index (κ2) is 5.80. The lowest BCUT2D eigenvalue weighted by atomic mass is 10.1. The molecule has 0 unspecified atom stereocenters. The van der Waals surface area contributed by atoms with Gasteiger partial charge in [0.15, 0.2) is 11.6 Å². The van der Waals surface area contributed by atoms with E-state index in [4.69, 9.17) is 16.3 Å². The fourth-order valence-corrected chi connectivity index (χ4v) is 1.85. The molecule has 0 atom stereocenters. The summed E-state index contributed by atoms with van der Waals surface area (Å²) in [4.78, 5) is 10.7. The van der Waals surface area contributed by atoms with Gasteiger partial charge in [-0.3, -0.25) is 4.79 Å². The molecule has 0 N–H and O–H groups in total. The van der Waals surface area contributed by atoms with E-state index < -0.39 is 11.6 Å². The number of carbonyl (C=O) groups excluding carboxylic acids is 1. The van der Waals surface area contributed by atoms with Gasteiger partial charge in [0.25, 0.3) is 0 Å². The molecule has 5 heteroatoms. The first-order chi connectivity index (χ1) is 9.08. The SMILES string of the molecule is O=Cc1cc(Cl)cc(COc2ccc(F)cc2F)c1. The van der Waals surface area contributed by atoms with Crippen LogP contribution in [0.3, 0.4) is 0 Å². The van der Waals surface area contributed by atoms with Gasteiger partial charge in [0.1, 0.15) is 18.7 Å². The molecular formula is C14H9ClF2O2. The van der Waals surface area contributed by atoms with Crippen molar-refractivity contribution in [1.29, 1.82) is 0 Å². The molecule has 0 bridgehead atoms. The van der Waals surface area contributed by atoms with Crippen molar-refractivity contribution in [2.24, 2.45) is 0 Å². The van der Waals surface area contributed by atoms with E-state index in [9.17, 15) is 13.6 Å². The van der Waals surface area contributed by atoms with Crippen LogP contribution < -0.4 is 4.74 Å². The quantitative estimate of drug-likeness (QED) is 0.792. The number of hydrogen-bond donors (Lipinski definition) is 0. The number of hydrogen-bond acceptors (Lipinski definition) is 2. The van der Waals surface area contributed by atoms with Crippen LogP contribution in [0.15, 0.2) is 36.4 Å². The predicted octanol–water partition coefficient (Wildman–Crippen LogP) is 4.01. The summed E-state index contributed by atoms with van der Waals surface area (Å²) in [5, 5.41) is 0.391. The molecular weight excluding hydrogens is 274 g/mol. The first-order valence-electron chi connectivity index (χ1n) is 5.41. The predicted molar refractivity (Wildman–Crippen MR) is 67.5 cm³/mol. The van der Waals surface area contributed by atoms with Crippen molar-refractivity contribution in [2.75, 3.05) is 0 Å². The van der Waals surface area contributed by atoms with E-state index in [0.717, 1.165) is 12.1 Å². The Morgan fingerprint density at radius 3 is 2.63 bits per heavy atom. The van der Waals surface area contributed by atoms with Gasteiger partial charge in [-0.15, -0.1) is 0 Å². The minimum atomic E-state index is -0.780. The Morgan fingerprint density at radius 1 is 1.16 bits per heavy atom. The van der Waals surface area contributed by atoms with Crippen molar-refractivity contribution in [1.82, 2.24) is 0 Å².